The van der Waals surface area contributed by atoms with Crippen molar-refractivity contribution in [3.8, 4) is 0 Å². The maximum Gasteiger partial charge on any atom is 0.271 e. The number of hydrogen-bond acceptors (Lipinski definition) is 6. The summed E-state index contributed by atoms with van der Waals surface area (Å²) in [4.78, 5) is 25.0. The number of carbonyl (C=O) groups excluding carboxylic acids is 1. The van der Waals surface area contributed by atoms with Crippen LogP contribution < -0.4 is 5.32 Å². The van der Waals surface area contributed by atoms with Crippen LogP contribution >= 0.6 is 0 Å². The third-order valence-corrected chi connectivity index (χ3v) is 6.86. The Labute approximate surface area is 152 Å². The van der Waals surface area contributed by atoms with Crippen LogP contribution in [-0.2, 0) is 14.6 Å². The molecule has 1 saturated carbocycles. The molecule has 1 N–H and O–H groups in total. The van der Waals surface area contributed by atoms with Gasteiger partial charge >= 0.3 is 0 Å². The number of nitro benzene ring substituents is 1. The van der Waals surface area contributed by atoms with Gasteiger partial charge in [-0.1, -0.05) is 18.9 Å². The molecule has 1 aromatic carbocycles. The van der Waals surface area contributed by atoms with E-state index in [4.69, 9.17) is 0 Å². The molecule has 1 amide bonds. The lowest BCUT2D eigenvalue weighted by Gasteiger charge is -2.34. The normalized spacial score (nSPS) is 22.2. The highest BCUT2D eigenvalue weighted by Gasteiger charge is 2.38. The molecule has 0 aromatic heterocycles. The Kier molecular flexibility index (Phi) is 5.45. The number of non-ortho nitro benzene ring substituents is 1. The maximum absolute atomic E-state index is 12.9. The fourth-order valence-corrected chi connectivity index (χ4v) is 5.59. The molecular formula is C17H23N3O5S. The van der Waals surface area contributed by atoms with Crippen molar-refractivity contribution < 1.29 is 18.1 Å². The van der Waals surface area contributed by atoms with Crippen LogP contribution in [0.4, 0.5) is 11.4 Å². The first-order chi connectivity index (χ1) is 12.4. The minimum atomic E-state index is -3.08. The van der Waals surface area contributed by atoms with E-state index in [2.05, 4.69) is 5.32 Å². The lowest BCUT2D eigenvalue weighted by molar-refractivity contribution is -0.384. The summed E-state index contributed by atoms with van der Waals surface area (Å²) < 4.78 is 23.7. The van der Waals surface area contributed by atoms with E-state index in [-0.39, 0.29) is 41.7 Å². The van der Waals surface area contributed by atoms with E-state index in [1.54, 1.807) is 17.0 Å². The molecule has 8 nitrogen and oxygen atoms in total. The van der Waals surface area contributed by atoms with Gasteiger partial charge in [0.2, 0.25) is 5.91 Å². The van der Waals surface area contributed by atoms with Gasteiger partial charge in [0.25, 0.3) is 5.69 Å². The molecule has 0 spiro atoms. The highest BCUT2D eigenvalue weighted by molar-refractivity contribution is 7.91. The number of carbonyl (C=O) groups is 1. The van der Waals surface area contributed by atoms with Crippen LogP contribution in [0.3, 0.4) is 0 Å². The number of sulfone groups is 1. The average Bonchev–Trinajstić information content (AvgIpc) is 3.23. The molecule has 0 radical (unpaired) electrons. The summed E-state index contributed by atoms with van der Waals surface area (Å²) in [5, 5.41) is 13.8. The second-order valence-electron chi connectivity index (χ2n) is 6.96. The first-order valence-corrected chi connectivity index (χ1v) is 10.7. The summed E-state index contributed by atoms with van der Waals surface area (Å²) in [7, 11) is -3.08. The van der Waals surface area contributed by atoms with Crippen LogP contribution in [0, 0.1) is 10.1 Å². The van der Waals surface area contributed by atoms with Crippen molar-refractivity contribution in [3.63, 3.8) is 0 Å². The van der Waals surface area contributed by atoms with E-state index in [1.807, 2.05) is 0 Å². The zero-order chi connectivity index (χ0) is 18.7. The Hall–Kier alpha value is -2.16. The highest BCUT2D eigenvalue weighted by Crippen LogP contribution is 2.29. The molecule has 0 unspecified atom stereocenters. The number of nitrogens with zero attached hydrogens (tertiary/aromatic N) is 2. The standard InChI is InChI=1S/C17H23N3O5S/c21-17(11-18-13-4-3-7-15(10-13)20(22)23)19(14-5-1-2-6-14)16-8-9-26(24,25)12-16/h3-4,7,10,14,16,18H,1-2,5-6,8-9,11-12H2/t16-/m1/s1. The molecule has 1 aromatic rings. The van der Waals surface area contributed by atoms with E-state index in [1.165, 1.54) is 12.1 Å². The van der Waals surface area contributed by atoms with Crippen LogP contribution in [0.5, 0.6) is 0 Å². The van der Waals surface area contributed by atoms with Crippen molar-refractivity contribution in [1.29, 1.82) is 0 Å². The highest BCUT2D eigenvalue weighted by atomic mass is 32.2. The molecule has 2 fully saturated rings. The van der Waals surface area contributed by atoms with Gasteiger partial charge in [-0.05, 0) is 25.3 Å². The Balaban J connectivity index is 1.69. The van der Waals surface area contributed by atoms with Crippen LogP contribution in [0.25, 0.3) is 0 Å². The number of nitro groups is 1. The van der Waals surface area contributed by atoms with E-state index in [9.17, 15) is 23.3 Å². The van der Waals surface area contributed by atoms with Crippen LogP contribution in [0.2, 0.25) is 0 Å². The molecule has 0 bridgehead atoms. The van der Waals surface area contributed by atoms with Gasteiger partial charge in [0, 0.05) is 29.9 Å². The van der Waals surface area contributed by atoms with Crippen molar-refractivity contribution in [3.05, 3.63) is 34.4 Å². The molecule has 1 saturated heterocycles. The van der Waals surface area contributed by atoms with Gasteiger partial charge < -0.3 is 10.2 Å². The minimum Gasteiger partial charge on any atom is -0.376 e. The van der Waals surface area contributed by atoms with Crippen LogP contribution in [0.1, 0.15) is 32.1 Å². The van der Waals surface area contributed by atoms with E-state index in [0.29, 0.717) is 12.1 Å². The fourth-order valence-electron chi connectivity index (χ4n) is 3.88. The Morgan fingerprint density at radius 3 is 2.58 bits per heavy atom. The second kappa shape index (κ2) is 7.61. The summed E-state index contributed by atoms with van der Waals surface area (Å²) in [6.45, 7) is -0.00574. The van der Waals surface area contributed by atoms with Gasteiger partial charge in [-0.2, -0.15) is 0 Å². The van der Waals surface area contributed by atoms with Crippen molar-refractivity contribution in [2.75, 3.05) is 23.4 Å². The molecule has 1 atom stereocenters. The smallest absolute Gasteiger partial charge is 0.271 e. The number of amides is 1. The van der Waals surface area contributed by atoms with Crippen molar-refractivity contribution in [2.45, 2.75) is 44.2 Å². The van der Waals surface area contributed by atoms with Crippen molar-refractivity contribution in [2.24, 2.45) is 0 Å². The Morgan fingerprint density at radius 2 is 1.96 bits per heavy atom. The van der Waals surface area contributed by atoms with Crippen molar-refractivity contribution in [1.82, 2.24) is 4.90 Å². The largest absolute Gasteiger partial charge is 0.376 e. The third-order valence-electron chi connectivity index (χ3n) is 5.11. The monoisotopic (exact) mass is 381 g/mol. The lowest BCUT2D eigenvalue weighted by atomic mass is 10.1. The quantitative estimate of drug-likeness (QED) is 0.596. The molecule has 1 aliphatic carbocycles. The molecule has 26 heavy (non-hydrogen) atoms. The van der Waals surface area contributed by atoms with E-state index < -0.39 is 14.8 Å². The predicted molar refractivity (Wildman–Crippen MR) is 97.7 cm³/mol. The van der Waals surface area contributed by atoms with Gasteiger partial charge in [0.1, 0.15) is 0 Å². The molecule has 142 valence electrons. The first-order valence-electron chi connectivity index (χ1n) is 8.86. The van der Waals surface area contributed by atoms with E-state index in [0.717, 1.165) is 25.7 Å². The second-order valence-corrected chi connectivity index (χ2v) is 9.19. The molecule has 2 aliphatic rings. The summed E-state index contributed by atoms with van der Waals surface area (Å²) in [5.41, 5.74) is 0.454. The van der Waals surface area contributed by atoms with Crippen LogP contribution in [0.15, 0.2) is 24.3 Å². The molecular weight excluding hydrogens is 358 g/mol. The SMILES string of the molecule is O=C(CNc1cccc([N+](=O)[O-])c1)N(C1CCCC1)[C@@H]1CCS(=O)(=O)C1. The maximum atomic E-state index is 12.9. The van der Waals surface area contributed by atoms with Gasteiger partial charge in [-0.15, -0.1) is 0 Å². The number of rotatable bonds is 6. The zero-order valence-electron chi connectivity index (χ0n) is 14.5. The first kappa shape index (κ1) is 18.6. The van der Waals surface area contributed by atoms with Gasteiger partial charge in [0.05, 0.1) is 23.0 Å². The molecule has 1 heterocycles. The Morgan fingerprint density at radius 1 is 1.23 bits per heavy atom. The molecule has 9 heteroatoms. The number of benzene rings is 1. The summed E-state index contributed by atoms with van der Waals surface area (Å²) >= 11 is 0. The number of nitrogens with one attached hydrogen (secondary N) is 1. The lowest BCUT2D eigenvalue weighted by Crippen LogP contribution is -2.49. The van der Waals surface area contributed by atoms with Gasteiger partial charge in [-0.3, -0.25) is 14.9 Å². The topological polar surface area (TPSA) is 110 Å². The minimum absolute atomic E-state index is 0.00574. The fraction of sp³-hybridized carbons (Fsp3) is 0.588. The average molecular weight is 381 g/mol. The number of anilines is 1. The molecule has 3 rings (SSSR count). The predicted octanol–water partition coefficient (Wildman–Crippen LogP) is 1.97. The third kappa shape index (κ3) is 4.32. The number of hydrogen-bond donors (Lipinski definition) is 1. The summed E-state index contributed by atoms with van der Waals surface area (Å²) in [6.07, 6.45) is 4.39. The zero-order valence-corrected chi connectivity index (χ0v) is 15.3. The van der Waals surface area contributed by atoms with Crippen LogP contribution in [-0.4, -0.2) is 54.3 Å². The molecule has 1 aliphatic heterocycles. The summed E-state index contributed by atoms with van der Waals surface area (Å²) in [6, 6.07) is 5.83. The van der Waals surface area contributed by atoms with Gasteiger partial charge in [0.15, 0.2) is 9.84 Å². The summed E-state index contributed by atoms with van der Waals surface area (Å²) in [5.74, 6) is 0.0175. The van der Waals surface area contributed by atoms with Crippen molar-refractivity contribution >= 4 is 27.1 Å². The Bertz CT molecular complexity index is 789. The van der Waals surface area contributed by atoms with E-state index >= 15 is 0 Å². The van der Waals surface area contributed by atoms with Gasteiger partial charge in [-0.25, -0.2) is 8.42 Å².